The van der Waals surface area contributed by atoms with E-state index in [1.807, 2.05) is 29.2 Å². The molecule has 2 aliphatic heterocycles. The topological polar surface area (TPSA) is 73.6 Å². The number of hydrogen-bond acceptors (Lipinski definition) is 4. The van der Waals surface area contributed by atoms with Crippen LogP contribution in [0.25, 0.3) is 11.1 Å². The number of carbonyl (C=O) groups is 1. The zero-order chi connectivity index (χ0) is 25.6. The molecule has 3 aromatic rings. The zero-order valence-electron chi connectivity index (χ0n) is 20.6. The lowest BCUT2D eigenvalue weighted by molar-refractivity contribution is -0.0895. The minimum absolute atomic E-state index is 0.0150. The van der Waals surface area contributed by atoms with Gasteiger partial charge in [0.05, 0.1) is 18.1 Å². The van der Waals surface area contributed by atoms with Crippen LogP contribution in [0.15, 0.2) is 66.7 Å². The molecule has 2 unspecified atom stereocenters. The van der Waals surface area contributed by atoms with Crippen LogP contribution in [0.2, 0.25) is 0 Å². The van der Waals surface area contributed by atoms with Gasteiger partial charge < -0.3 is 14.7 Å². The summed E-state index contributed by atoms with van der Waals surface area (Å²) < 4.78 is 20.2. The van der Waals surface area contributed by atoms with Crippen LogP contribution in [0.1, 0.15) is 60.3 Å². The Morgan fingerprint density at radius 2 is 1.65 bits per heavy atom. The van der Waals surface area contributed by atoms with Crippen LogP contribution in [0.3, 0.4) is 0 Å². The van der Waals surface area contributed by atoms with Crippen molar-refractivity contribution in [1.29, 1.82) is 5.26 Å². The van der Waals surface area contributed by atoms with Crippen molar-refractivity contribution >= 4 is 6.09 Å². The number of fused-ring (bicyclic) bond motifs is 5. The number of benzene rings is 3. The van der Waals surface area contributed by atoms with Gasteiger partial charge in [0, 0.05) is 30.8 Å². The summed E-state index contributed by atoms with van der Waals surface area (Å²) in [6.07, 6.45) is 2.83. The Balaban J connectivity index is 1.22. The Bertz CT molecular complexity index is 1340. The largest absolute Gasteiger partial charge is 0.448 e. The average Bonchev–Trinajstić information content (AvgIpc) is 3.21. The Kier molecular flexibility index (Phi) is 5.97. The highest BCUT2D eigenvalue weighted by molar-refractivity contribution is 5.79. The molecule has 1 aliphatic carbocycles. The van der Waals surface area contributed by atoms with Gasteiger partial charge in [0.1, 0.15) is 12.4 Å². The third-order valence-corrected chi connectivity index (χ3v) is 8.40. The summed E-state index contributed by atoms with van der Waals surface area (Å²) in [5.74, 6) is -0.451. The van der Waals surface area contributed by atoms with Crippen LogP contribution >= 0.6 is 0 Å². The SMILES string of the molecule is N#CCc1ccc(F)cc1C1(O)CC2CCCC(C1)N2C(=O)OCC1c2ccccc2-c2ccccc21. The van der Waals surface area contributed by atoms with E-state index < -0.39 is 11.4 Å². The summed E-state index contributed by atoms with van der Waals surface area (Å²) in [7, 11) is 0. The molecule has 6 heteroatoms. The standard InChI is InChI=1S/C31H29FN2O3/c32-21-13-12-20(14-15-33)29(16-21)31(36)17-22-6-5-7-23(18-31)34(22)30(35)37-19-28-26-10-3-1-8-24(26)25-9-2-4-11-27(25)28/h1-4,8-13,16,22-23,28,36H,5-7,14,17-19H2. The molecule has 2 atom stereocenters. The molecular weight excluding hydrogens is 467 g/mol. The molecule has 188 valence electrons. The highest BCUT2D eigenvalue weighted by atomic mass is 19.1. The molecule has 1 amide bonds. The zero-order valence-corrected chi connectivity index (χ0v) is 20.6. The van der Waals surface area contributed by atoms with E-state index in [-0.39, 0.29) is 37.1 Å². The molecule has 6 rings (SSSR count). The van der Waals surface area contributed by atoms with Gasteiger partial charge >= 0.3 is 6.09 Å². The lowest BCUT2D eigenvalue weighted by Crippen LogP contribution is -2.59. The molecule has 2 fully saturated rings. The second kappa shape index (κ2) is 9.32. The van der Waals surface area contributed by atoms with Crippen LogP contribution in [-0.2, 0) is 16.8 Å². The van der Waals surface area contributed by atoms with Crippen molar-refractivity contribution in [2.75, 3.05) is 6.61 Å². The van der Waals surface area contributed by atoms with Crippen molar-refractivity contribution in [3.8, 4) is 17.2 Å². The summed E-state index contributed by atoms with van der Waals surface area (Å²) >= 11 is 0. The molecule has 0 radical (unpaired) electrons. The summed E-state index contributed by atoms with van der Waals surface area (Å²) in [5, 5.41) is 21.0. The Labute approximate surface area is 216 Å². The maximum atomic E-state index is 14.2. The number of halogens is 1. The molecule has 2 saturated heterocycles. The average molecular weight is 497 g/mol. The third-order valence-electron chi connectivity index (χ3n) is 8.40. The van der Waals surface area contributed by atoms with Gasteiger partial charge in [0.15, 0.2) is 0 Å². The quantitative estimate of drug-likeness (QED) is 0.478. The number of rotatable bonds is 4. The van der Waals surface area contributed by atoms with Gasteiger partial charge in [-0.25, -0.2) is 9.18 Å². The van der Waals surface area contributed by atoms with Crippen LogP contribution in [-0.4, -0.2) is 34.8 Å². The second-order valence-electron chi connectivity index (χ2n) is 10.5. The van der Waals surface area contributed by atoms with Crippen molar-refractivity contribution in [1.82, 2.24) is 4.90 Å². The number of aliphatic hydroxyl groups is 1. The van der Waals surface area contributed by atoms with E-state index in [2.05, 4.69) is 30.3 Å². The smallest absolute Gasteiger partial charge is 0.410 e. The van der Waals surface area contributed by atoms with Gasteiger partial charge in [0.25, 0.3) is 0 Å². The van der Waals surface area contributed by atoms with Gasteiger partial charge in [-0.2, -0.15) is 5.26 Å². The van der Waals surface area contributed by atoms with Crippen molar-refractivity contribution in [2.45, 2.75) is 62.1 Å². The van der Waals surface area contributed by atoms with E-state index in [0.717, 1.165) is 19.3 Å². The molecule has 2 heterocycles. The summed E-state index contributed by atoms with van der Waals surface area (Å²) in [6.45, 7) is 0.253. The number of carbonyl (C=O) groups excluding carboxylic acids is 1. The predicted octanol–water partition coefficient (Wildman–Crippen LogP) is 6.05. The lowest BCUT2D eigenvalue weighted by Gasteiger charge is -2.51. The Morgan fingerprint density at radius 3 is 2.27 bits per heavy atom. The molecule has 37 heavy (non-hydrogen) atoms. The minimum Gasteiger partial charge on any atom is -0.448 e. The number of nitriles is 1. The number of hydrogen-bond donors (Lipinski definition) is 1. The molecule has 0 saturated carbocycles. The van der Waals surface area contributed by atoms with Crippen LogP contribution < -0.4 is 0 Å². The number of piperidine rings is 2. The Morgan fingerprint density at radius 1 is 1.03 bits per heavy atom. The molecule has 1 N–H and O–H groups in total. The van der Waals surface area contributed by atoms with Crippen molar-refractivity contribution in [3.05, 3.63) is 94.8 Å². The maximum Gasteiger partial charge on any atom is 0.410 e. The fraction of sp³-hybridized carbons (Fsp3) is 0.355. The van der Waals surface area contributed by atoms with Crippen molar-refractivity contribution < 1.29 is 19.0 Å². The first kappa shape index (κ1) is 23.7. The number of amides is 1. The third kappa shape index (κ3) is 4.08. The molecule has 0 aromatic heterocycles. The first-order chi connectivity index (χ1) is 18.0. The molecular formula is C31H29FN2O3. The van der Waals surface area contributed by atoms with Crippen LogP contribution in [0, 0.1) is 17.1 Å². The number of ether oxygens (including phenoxy) is 1. The van der Waals surface area contributed by atoms with Gasteiger partial charge in [-0.05, 0) is 64.8 Å². The van der Waals surface area contributed by atoms with Gasteiger partial charge in [-0.3, -0.25) is 0 Å². The van der Waals surface area contributed by atoms with Crippen LogP contribution in [0.5, 0.6) is 0 Å². The second-order valence-corrected chi connectivity index (χ2v) is 10.5. The van der Waals surface area contributed by atoms with E-state index >= 15 is 0 Å². The van der Waals surface area contributed by atoms with E-state index in [9.17, 15) is 19.6 Å². The van der Waals surface area contributed by atoms with Crippen molar-refractivity contribution in [3.63, 3.8) is 0 Å². The van der Waals surface area contributed by atoms with Gasteiger partial charge in [-0.15, -0.1) is 0 Å². The summed E-state index contributed by atoms with van der Waals surface area (Å²) in [5.41, 5.74) is 4.52. The molecule has 0 spiro atoms. The van der Waals surface area contributed by atoms with E-state index in [1.165, 1.54) is 34.4 Å². The summed E-state index contributed by atoms with van der Waals surface area (Å²) in [4.78, 5) is 15.3. The molecule has 2 bridgehead atoms. The normalized spacial score (nSPS) is 24.2. The first-order valence-electron chi connectivity index (χ1n) is 13.0. The van der Waals surface area contributed by atoms with E-state index in [4.69, 9.17) is 4.74 Å². The highest BCUT2D eigenvalue weighted by Crippen LogP contribution is 2.47. The summed E-state index contributed by atoms with van der Waals surface area (Å²) in [6, 6.07) is 22.5. The predicted molar refractivity (Wildman–Crippen MR) is 137 cm³/mol. The van der Waals surface area contributed by atoms with E-state index in [0.29, 0.717) is 24.0 Å². The fourth-order valence-electron chi connectivity index (χ4n) is 6.84. The highest BCUT2D eigenvalue weighted by Gasteiger charge is 2.49. The van der Waals surface area contributed by atoms with Gasteiger partial charge in [-0.1, -0.05) is 54.6 Å². The lowest BCUT2D eigenvalue weighted by atomic mass is 9.71. The fourth-order valence-corrected chi connectivity index (χ4v) is 6.84. The Hall–Kier alpha value is -3.69. The number of nitrogens with zero attached hydrogens (tertiary/aromatic N) is 2. The first-order valence-corrected chi connectivity index (χ1v) is 13.0. The minimum atomic E-state index is -1.29. The van der Waals surface area contributed by atoms with E-state index in [1.54, 1.807) is 6.07 Å². The molecule has 3 aromatic carbocycles. The maximum absolute atomic E-state index is 14.2. The molecule has 3 aliphatic rings. The van der Waals surface area contributed by atoms with Crippen molar-refractivity contribution in [2.24, 2.45) is 0 Å². The monoisotopic (exact) mass is 496 g/mol. The molecule has 5 nitrogen and oxygen atoms in total. The van der Waals surface area contributed by atoms with Crippen LogP contribution in [0.4, 0.5) is 9.18 Å². The van der Waals surface area contributed by atoms with Gasteiger partial charge in [0.2, 0.25) is 0 Å².